The van der Waals surface area contributed by atoms with Crippen molar-refractivity contribution in [1.82, 2.24) is 0 Å². The maximum atomic E-state index is 4.60. The quantitative estimate of drug-likeness (QED) is 0.467. The lowest BCUT2D eigenvalue weighted by Gasteiger charge is -1.90. The number of rotatable bonds is 3. The molecule has 0 amide bonds. The van der Waals surface area contributed by atoms with Gasteiger partial charge in [-0.05, 0) is 0 Å². The molecule has 0 atom stereocenters. The van der Waals surface area contributed by atoms with Crippen LogP contribution in [-0.4, -0.2) is 20.8 Å². The van der Waals surface area contributed by atoms with Crippen LogP contribution in [0, 0.1) is 6.61 Å². The molecule has 0 unspecified atom stereocenters. The van der Waals surface area contributed by atoms with Gasteiger partial charge in [-0.15, -0.1) is 0 Å². The highest BCUT2D eigenvalue weighted by Crippen LogP contribution is 1.73. The van der Waals surface area contributed by atoms with Gasteiger partial charge in [-0.2, -0.15) is 0 Å². The largest absolute Gasteiger partial charge is 0.382 e. The fourth-order valence-corrected chi connectivity index (χ4v) is 0.136. The van der Waals surface area contributed by atoms with E-state index in [9.17, 15) is 0 Å². The smallest absolute Gasteiger partial charge is 0.109 e. The van der Waals surface area contributed by atoms with E-state index in [1.54, 1.807) is 20.8 Å². The SMILES string of the molecule is CO[CH]COC. The first kappa shape index (κ1) is 5.92. The Labute approximate surface area is 38.1 Å². The molecule has 0 aromatic rings. The summed E-state index contributed by atoms with van der Waals surface area (Å²) in [5, 5.41) is 0. The zero-order valence-electron chi connectivity index (χ0n) is 4.10. The molecule has 0 aliphatic carbocycles. The summed E-state index contributed by atoms with van der Waals surface area (Å²) in [6.07, 6.45) is 0. The second-order valence-electron chi connectivity index (χ2n) is 0.858. The van der Waals surface area contributed by atoms with Crippen molar-refractivity contribution < 1.29 is 9.47 Å². The van der Waals surface area contributed by atoms with Crippen LogP contribution < -0.4 is 0 Å². The molecule has 0 aromatic heterocycles. The Bertz CT molecular complexity index is 17.5. The summed E-state index contributed by atoms with van der Waals surface area (Å²) in [5.41, 5.74) is 0. The van der Waals surface area contributed by atoms with Gasteiger partial charge in [0.1, 0.15) is 6.61 Å². The van der Waals surface area contributed by atoms with Crippen LogP contribution in [0.4, 0.5) is 0 Å². The van der Waals surface area contributed by atoms with Crippen LogP contribution in [0.15, 0.2) is 0 Å². The van der Waals surface area contributed by atoms with E-state index in [1.807, 2.05) is 0 Å². The molecular weight excluding hydrogens is 80.0 g/mol. The average molecular weight is 89.1 g/mol. The van der Waals surface area contributed by atoms with Gasteiger partial charge in [-0.25, -0.2) is 0 Å². The van der Waals surface area contributed by atoms with E-state index < -0.39 is 0 Å². The molecule has 0 spiro atoms. The third-order valence-corrected chi connectivity index (χ3v) is 0.401. The van der Waals surface area contributed by atoms with Crippen molar-refractivity contribution in [3.8, 4) is 0 Å². The average Bonchev–Trinajstić information content (AvgIpc) is 1.61. The monoisotopic (exact) mass is 89.1 g/mol. The Morgan fingerprint density at radius 1 is 1.50 bits per heavy atom. The molecule has 0 fully saturated rings. The maximum absolute atomic E-state index is 4.60. The van der Waals surface area contributed by atoms with E-state index >= 15 is 0 Å². The van der Waals surface area contributed by atoms with Gasteiger partial charge in [-0.1, -0.05) is 0 Å². The molecule has 0 aliphatic heterocycles. The molecule has 0 heterocycles. The van der Waals surface area contributed by atoms with Gasteiger partial charge in [0.15, 0.2) is 0 Å². The zero-order valence-corrected chi connectivity index (χ0v) is 4.10. The highest BCUT2D eigenvalue weighted by molar-refractivity contribution is 4.40. The summed E-state index contributed by atoms with van der Waals surface area (Å²) in [6, 6.07) is 0. The van der Waals surface area contributed by atoms with E-state index in [2.05, 4.69) is 9.47 Å². The number of hydrogen-bond donors (Lipinski definition) is 0. The zero-order chi connectivity index (χ0) is 4.83. The van der Waals surface area contributed by atoms with Crippen LogP contribution in [0.5, 0.6) is 0 Å². The second kappa shape index (κ2) is 4.92. The minimum atomic E-state index is 0.566. The molecule has 6 heavy (non-hydrogen) atoms. The Balaban J connectivity index is 2.34. The Hall–Kier alpha value is -0.0800. The summed E-state index contributed by atoms with van der Waals surface area (Å²) in [6.45, 7) is 2.15. The third-order valence-electron chi connectivity index (χ3n) is 0.401. The molecule has 37 valence electrons. The highest BCUT2D eigenvalue weighted by atomic mass is 16.5. The molecule has 0 aliphatic rings. The van der Waals surface area contributed by atoms with E-state index in [1.165, 1.54) is 0 Å². The van der Waals surface area contributed by atoms with Crippen molar-refractivity contribution in [2.45, 2.75) is 0 Å². The van der Waals surface area contributed by atoms with Gasteiger partial charge in [0.05, 0.1) is 6.61 Å². The van der Waals surface area contributed by atoms with Crippen LogP contribution >= 0.6 is 0 Å². The van der Waals surface area contributed by atoms with Crippen molar-refractivity contribution in [2.75, 3.05) is 20.8 Å². The number of methoxy groups -OCH3 is 2. The van der Waals surface area contributed by atoms with Crippen molar-refractivity contribution in [1.29, 1.82) is 0 Å². The molecule has 2 nitrogen and oxygen atoms in total. The number of ether oxygens (including phenoxy) is 2. The first-order chi connectivity index (χ1) is 2.91. The molecular formula is C4H9O2. The second-order valence-corrected chi connectivity index (χ2v) is 0.858. The van der Waals surface area contributed by atoms with Gasteiger partial charge in [0.25, 0.3) is 0 Å². The summed E-state index contributed by atoms with van der Waals surface area (Å²) >= 11 is 0. The predicted molar refractivity (Wildman–Crippen MR) is 23.2 cm³/mol. The van der Waals surface area contributed by atoms with Crippen LogP contribution in [0.1, 0.15) is 0 Å². The van der Waals surface area contributed by atoms with Crippen molar-refractivity contribution in [2.24, 2.45) is 0 Å². The summed E-state index contributed by atoms with van der Waals surface area (Å²) < 4.78 is 9.13. The van der Waals surface area contributed by atoms with E-state index in [0.29, 0.717) is 6.61 Å². The minimum absolute atomic E-state index is 0.566. The Morgan fingerprint density at radius 2 is 2.17 bits per heavy atom. The van der Waals surface area contributed by atoms with Crippen molar-refractivity contribution in [3.63, 3.8) is 0 Å². The van der Waals surface area contributed by atoms with E-state index in [0.717, 1.165) is 0 Å². The topological polar surface area (TPSA) is 18.5 Å². The molecule has 2 heteroatoms. The molecule has 0 bridgehead atoms. The molecule has 1 radical (unpaired) electrons. The van der Waals surface area contributed by atoms with Crippen LogP contribution in [0.3, 0.4) is 0 Å². The standard InChI is InChI=1S/C4H9O2/c1-5-3-4-6-2/h3H,4H2,1-2H3. The Morgan fingerprint density at radius 3 is 2.33 bits per heavy atom. The lowest BCUT2D eigenvalue weighted by molar-refractivity contribution is 0.151. The number of hydrogen-bond acceptors (Lipinski definition) is 2. The third kappa shape index (κ3) is 3.92. The molecule has 0 N–H and O–H groups in total. The first-order valence-electron chi connectivity index (χ1n) is 1.75. The van der Waals surface area contributed by atoms with Gasteiger partial charge >= 0.3 is 0 Å². The van der Waals surface area contributed by atoms with Gasteiger partial charge in [-0.3, -0.25) is 0 Å². The van der Waals surface area contributed by atoms with Crippen LogP contribution in [-0.2, 0) is 9.47 Å². The molecule has 0 aromatic carbocycles. The summed E-state index contributed by atoms with van der Waals surface area (Å²) in [5.74, 6) is 0. The van der Waals surface area contributed by atoms with Crippen LogP contribution in [0.2, 0.25) is 0 Å². The van der Waals surface area contributed by atoms with E-state index in [-0.39, 0.29) is 0 Å². The Kier molecular flexibility index (Phi) is 4.85. The normalized spacial score (nSPS) is 9.00. The van der Waals surface area contributed by atoms with Gasteiger partial charge < -0.3 is 9.47 Å². The highest BCUT2D eigenvalue weighted by Gasteiger charge is 1.75. The minimum Gasteiger partial charge on any atom is -0.382 e. The first-order valence-corrected chi connectivity index (χ1v) is 1.75. The van der Waals surface area contributed by atoms with Crippen molar-refractivity contribution >= 4 is 0 Å². The molecule has 0 saturated carbocycles. The lowest BCUT2D eigenvalue weighted by atomic mass is 10.8. The predicted octanol–water partition coefficient (Wildman–Crippen LogP) is 0.441. The van der Waals surface area contributed by atoms with Crippen molar-refractivity contribution in [3.05, 3.63) is 6.61 Å². The summed E-state index contributed by atoms with van der Waals surface area (Å²) in [4.78, 5) is 0. The van der Waals surface area contributed by atoms with E-state index in [4.69, 9.17) is 0 Å². The lowest BCUT2D eigenvalue weighted by Crippen LogP contribution is -1.89. The fraction of sp³-hybridized carbons (Fsp3) is 0.750. The van der Waals surface area contributed by atoms with Gasteiger partial charge in [0, 0.05) is 14.2 Å². The fourth-order valence-electron chi connectivity index (χ4n) is 0.136. The van der Waals surface area contributed by atoms with Crippen LogP contribution in [0.25, 0.3) is 0 Å². The summed E-state index contributed by atoms with van der Waals surface area (Å²) in [7, 11) is 3.22. The molecule has 0 saturated heterocycles. The maximum Gasteiger partial charge on any atom is 0.109 e. The van der Waals surface area contributed by atoms with Gasteiger partial charge in [0.2, 0.25) is 0 Å². The molecule has 0 rings (SSSR count).